The number of rotatable bonds is 20. The zero-order chi connectivity index (χ0) is 76.8. The van der Waals surface area contributed by atoms with Gasteiger partial charge in [0.15, 0.2) is 0 Å². The SMILES string of the molecule is CNCc1cc(C)ccc1Pc1cc(C(C)(C)C)cc(C)c1O.CNCc1cc(C)ccc1Pc1cc(C)cc(C(C)(C)C)c1O.CNCc1cc(C)ccc1Pc1cc(C)cc(C)c1O.CNCc1cc(C)ccc1Pc1cc(C)ccc1O.CNCc1cc(C)ccc1Pc1cccc(C)c1O.Cl.Cl.Cl.Cl.Cl. The molecule has 10 aromatic rings. The van der Waals surface area contributed by atoms with Crippen LogP contribution in [0.5, 0.6) is 28.7 Å². The highest BCUT2D eigenvalue weighted by Gasteiger charge is 2.23. The van der Waals surface area contributed by atoms with Crippen LogP contribution in [0.3, 0.4) is 0 Å². The molecule has 0 heterocycles. The normalized spacial score (nSPS) is 11.2. The molecule has 5 atom stereocenters. The van der Waals surface area contributed by atoms with Gasteiger partial charge in [-0.05, 0) is 240 Å². The molecule has 10 nitrogen and oxygen atoms in total. The Morgan fingerprint density at radius 2 is 0.541 bits per heavy atom. The van der Waals surface area contributed by atoms with Crippen molar-refractivity contribution in [1.29, 1.82) is 0 Å². The lowest BCUT2D eigenvalue weighted by molar-refractivity contribution is 0.450. The fraction of sp³-hybridized carbons (Fsp3) is 0.326. The summed E-state index contributed by atoms with van der Waals surface area (Å²) in [7, 11) is 12.2. The van der Waals surface area contributed by atoms with Gasteiger partial charge in [0, 0.05) is 64.8 Å². The first kappa shape index (κ1) is 102. The maximum absolute atomic E-state index is 10.8. The quantitative estimate of drug-likeness (QED) is 0.0333. The second-order valence-corrected chi connectivity index (χ2v) is 36.1. The lowest BCUT2D eigenvalue weighted by Crippen LogP contribution is -2.18. The van der Waals surface area contributed by atoms with E-state index < -0.39 is 0 Å². The molecule has 594 valence electrons. The first-order valence-corrected chi connectivity index (χ1v) is 40.8. The van der Waals surface area contributed by atoms with Crippen LogP contribution in [-0.4, -0.2) is 60.8 Å². The molecule has 0 bridgehead atoms. The molecule has 0 saturated carbocycles. The molecule has 0 radical (unpaired) electrons. The monoisotopic (exact) mass is 1670 g/mol. The largest absolute Gasteiger partial charge is 0.507 e. The maximum atomic E-state index is 10.8. The first-order valence-electron chi connectivity index (χ1n) is 35.8. The van der Waals surface area contributed by atoms with Crippen LogP contribution >= 0.6 is 105 Å². The van der Waals surface area contributed by atoms with Gasteiger partial charge >= 0.3 is 0 Å². The Balaban J connectivity index is 0.000000675. The number of aromatic hydroxyl groups is 5. The van der Waals surface area contributed by atoms with Crippen molar-refractivity contribution >= 4 is 158 Å². The van der Waals surface area contributed by atoms with Gasteiger partial charge in [0.25, 0.3) is 0 Å². The van der Waals surface area contributed by atoms with E-state index in [1.807, 2.05) is 86.3 Å². The Morgan fingerprint density at radius 1 is 0.257 bits per heavy atom. The highest BCUT2D eigenvalue weighted by Crippen LogP contribution is 2.35. The van der Waals surface area contributed by atoms with Crippen molar-refractivity contribution in [1.82, 2.24) is 26.6 Å². The summed E-state index contributed by atoms with van der Waals surface area (Å²) >= 11 is 0. The number of phenols is 5. The van der Waals surface area contributed by atoms with Crippen LogP contribution in [0, 0.1) is 76.2 Å². The summed E-state index contributed by atoms with van der Waals surface area (Å²) in [4.78, 5) is 0. The summed E-state index contributed by atoms with van der Waals surface area (Å²) in [6.07, 6.45) is 0. The molecule has 0 aliphatic heterocycles. The van der Waals surface area contributed by atoms with Crippen LogP contribution < -0.4 is 79.6 Å². The predicted molar refractivity (Wildman–Crippen MR) is 500 cm³/mol. The van der Waals surface area contributed by atoms with E-state index in [2.05, 4.69) is 251 Å². The van der Waals surface area contributed by atoms with Crippen LogP contribution in [0.25, 0.3) is 0 Å². The maximum Gasteiger partial charge on any atom is 0.127 e. The standard InChI is InChI=1S/2C20H28NOP.C17H22NOP.2C16H20NOP.5ClH/c1-13-7-8-17(15(9-13)12-21-6)23-18-11-16(20(3,4)5)10-14(2)19(18)22;1-13-7-8-17(15(9-13)12-21-6)23-18-11-14(2)10-16(19(18)22)20(3,4)5;1-11-5-6-15(14(8-11)10-18-4)20-16-9-12(2)7-13(3)17(16)19;1-11-5-7-15(13(8-11)10-17-3)19-16-9-12(2)4-6-14(16)18;1-11-7-8-14(13(9-11)10-17-3)19-15-6-4-5-12(2)16(15)18;;;;;/h2*7-11,21-23H,12H2,1-6H3;5-9,18-20H,10H2,1-4H3;2*4-9,17-19H,10H2,1-3H3;5*1H. The second kappa shape index (κ2) is 48.6. The molecule has 10 N–H and O–H groups in total. The van der Waals surface area contributed by atoms with Gasteiger partial charge in [0.05, 0.1) is 0 Å². The molecule has 0 saturated heterocycles. The molecular formula is C89H123Cl5N5O5P5. The summed E-state index contributed by atoms with van der Waals surface area (Å²) in [6.45, 7) is 40.0. The van der Waals surface area contributed by atoms with Crippen LogP contribution in [0.15, 0.2) is 164 Å². The molecule has 20 heteroatoms. The van der Waals surface area contributed by atoms with Crippen molar-refractivity contribution in [3.05, 3.63) is 264 Å². The van der Waals surface area contributed by atoms with Crippen molar-refractivity contribution in [2.45, 2.75) is 161 Å². The molecule has 0 aliphatic rings. The average Bonchev–Trinajstić information content (AvgIpc) is 0.806. The van der Waals surface area contributed by atoms with Crippen LogP contribution in [0.4, 0.5) is 0 Å². The van der Waals surface area contributed by atoms with Crippen LogP contribution in [0.1, 0.15) is 142 Å². The Labute approximate surface area is 694 Å². The van der Waals surface area contributed by atoms with Crippen LogP contribution in [0.2, 0.25) is 0 Å². The number of halogens is 5. The number of hydrogen-bond acceptors (Lipinski definition) is 10. The topological polar surface area (TPSA) is 161 Å². The molecular weight excluding hydrogens is 1550 g/mol. The summed E-state index contributed by atoms with van der Waals surface area (Å²) in [5.41, 5.74) is 21.7. The van der Waals surface area contributed by atoms with E-state index in [4.69, 9.17) is 0 Å². The summed E-state index contributed by atoms with van der Waals surface area (Å²) in [5, 5.41) is 79.4. The van der Waals surface area contributed by atoms with Gasteiger partial charge in [-0.25, -0.2) is 0 Å². The lowest BCUT2D eigenvalue weighted by Gasteiger charge is -2.23. The van der Waals surface area contributed by atoms with E-state index >= 15 is 0 Å². The number of hydrogen-bond donors (Lipinski definition) is 10. The fourth-order valence-electron chi connectivity index (χ4n) is 11.9. The summed E-state index contributed by atoms with van der Waals surface area (Å²) < 4.78 is 0. The zero-order valence-corrected chi connectivity index (χ0v) is 77.0. The highest BCUT2D eigenvalue weighted by atomic mass is 35.5. The van der Waals surface area contributed by atoms with Gasteiger partial charge < -0.3 is 52.1 Å². The Morgan fingerprint density at radius 3 is 0.890 bits per heavy atom. The Hall–Kier alpha value is -5.40. The van der Waals surface area contributed by atoms with Gasteiger partial charge in [-0.15, -0.1) is 62.0 Å². The first-order chi connectivity index (χ1) is 49.2. The van der Waals surface area contributed by atoms with Gasteiger partial charge in [-0.1, -0.05) is 251 Å². The van der Waals surface area contributed by atoms with E-state index in [0.717, 1.165) is 81.5 Å². The fourth-order valence-corrected chi connectivity index (χ4v) is 18.6. The minimum absolute atomic E-state index is 0. The number of phenolic OH excluding ortho intramolecular Hbond substituents is 5. The number of para-hydroxylation sites is 1. The molecule has 10 rings (SSSR count). The molecule has 0 aromatic heterocycles. The van der Waals surface area contributed by atoms with Gasteiger partial charge in [0.2, 0.25) is 0 Å². The van der Waals surface area contributed by atoms with Gasteiger partial charge in [0.1, 0.15) is 28.7 Å². The lowest BCUT2D eigenvalue weighted by atomic mass is 9.85. The van der Waals surface area contributed by atoms with E-state index in [-0.39, 0.29) is 72.9 Å². The zero-order valence-electron chi connectivity index (χ0n) is 67.9. The molecule has 0 fully saturated rings. The van der Waals surface area contributed by atoms with Crippen molar-refractivity contribution in [2.24, 2.45) is 0 Å². The van der Waals surface area contributed by atoms with Gasteiger partial charge in [-0.2, -0.15) is 0 Å². The van der Waals surface area contributed by atoms with Crippen molar-refractivity contribution in [3.63, 3.8) is 0 Å². The third-order valence-electron chi connectivity index (χ3n) is 17.5. The Kier molecular flexibility index (Phi) is 45.3. The van der Waals surface area contributed by atoms with E-state index in [1.54, 1.807) is 6.07 Å². The smallest absolute Gasteiger partial charge is 0.127 e. The number of benzene rings is 10. The Bertz CT molecular complexity index is 4420. The third-order valence-corrected chi connectivity index (χ3v) is 24.6. The van der Waals surface area contributed by atoms with Crippen molar-refractivity contribution in [2.75, 3.05) is 35.2 Å². The van der Waals surface area contributed by atoms with Crippen molar-refractivity contribution < 1.29 is 25.5 Å². The number of aryl methyl sites for hydroxylation is 11. The highest BCUT2D eigenvalue weighted by molar-refractivity contribution is 7.57. The predicted octanol–water partition coefficient (Wildman–Crippen LogP) is 16.8. The van der Waals surface area contributed by atoms with E-state index in [9.17, 15) is 25.5 Å². The van der Waals surface area contributed by atoms with Crippen LogP contribution in [-0.2, 0) is 43.6 Å². The summed E-state index contributed by atoms with van der Waals surface area (Å²) in [6, 6.07) is 57.1. The van der Waals surface area contributed by atoms with Crippen molar-refractivity contribution in [3.8, 4) is 28.7 Å². The van der Waals surface area contributed by atoms with E-state index in [1.165, 1.54) is 104 Å². The second-order valence-electron chi connectivity index (χ2n) is 29.4. The molecule has 10 aromatic carbocycles. The minimum atomic E-state index is -0.0591. The minimum Gasteiger partial charge on any atom is -0.507 e. The van der Waals surface area contributed by atoms with E-state index in [0.29, 0.717) is 71.7 Å². The molecule has 0 aliphatic carbocycles. The molecule has 5 unspecified atom stereocenters. The molecule has 0 amide bonds. The third kappa shape index (κ3) is 31.5. The number of nitrogens with one attached hydrogen (secondary N) is 5. The summed E-state index contributed by atoms with van der Waals surface area (Å²) in [5.74, 6) is 2.14. The molecule has 0 spiro atoms. The molecule has 109 heavy (non-hydrogen) atoms. The average molecular weight is 1680 g/mol. The van der Waals surface area contributed by atoms with Gasteiger partial charge in [-0.3, -0.25) is 0 Å².